The molecule has 0 aromatic rings. The molecule has 1 fully saturated rings. The molecular weight excluding hydrogens is 159 g/mol. The van der Waals surface area contributed by atoms with Crippen molar-refractivity contribution in [3.8, 4) is 0 Å². The smallest absolute Gasteiger partial charge is 0.241 e. The van der Waals surface area contributed by atoms with Crippen molar-refractivity contribution in [3.05, 3.63) is 0 Å². The Morgan fingerprint density at radius 1 is 1.60 bits per heavy atom. The van der Waals surface area contributed by atoms with E-state index in [4.69, 9.17) is 5.14 Å². The molecule has 1 rings (SSSR count). The van der Waals surface area contributed by atoms with Gasteiger partial charge in [-0.25, -0.2) is 9.53 Å². The zero-order valence-corrected chi connectivity index (χ0v) is 6.36. The van der Waals surface area contributed by atoms with E-state index >= 15 is 0 Å². The molecule has 0 aromatic carbocycles. The normalized spacial score (nSPS) is 25.9. The molecule has 0 aliphatic carbocycles. The first kappa shape index (κ1) is 7.90. The van der Waals surface area contributed by atoms with Crippen LogP contribution in [-0.4, -0.2) is 31.5 Å². The van der Waals surface area contributed by atoms with Gasteiger partial charge in [0, 0.05) is 0 Å². The van der Waals surface area contributed by atoms with Crippen LogP contribution in [0.2, 0.25) is 0 Å². The van der Waals surface area contributed by atoms with Crippen molar-refractivity contribution in [3.63, 3.8) is 0 Å². The van der Waals surface area contributed by atoms with Gasteiger partial charge >= 0.3 is 0 Å². The lowest BCUT2D eigenvalue weighted by Crippen LogP contribution is -2.60. The third kappa shape index (κ3) is 1.44. The summed E-state index contributed by atoms with van der Waals surface area (Å²) in [6.45, 7) is 1.10. The summed E-state index contributed by atoms with van der Waals surface area (Å²) in [5.74, 6) is 0. The van der Waals surface area contributed by atoms with E-state index in [9.17, 15) is 12.8 Å². The van der Waals surface area contributed by atoms with Crippen molar-refractivity contribution >= 4 is 10.2 Å². The lowest BCUT2D eigenvalue weighted by Gasteiger charge is -2.39. The highest BCUT2D eigenvalue weighted by Gasteiger charge is 2.43. The van der Waals surface area contributed by atoms with Crippen molar-refractivity contribution in [2.24, 2.45) is 5.14 Å². The maximum absolute atomic E-state index is 12.6. The summed E-state index contributed by atoms with van der Waals surface area (Å²) in [6.07, 6.45) is 0. The van der Waals surface area contributed by atoms with Gasteiger partial charge in [-0.1, -0.05) is 0 Å². The predicted molar refractivity (Wildman–Crippen MR) is 34.2 cm³/mol. The number of nitrogens with two attached hydrogens (primary N) is 1. The van der Waals surface area contributed by atoms with Gasteiger partial charge in [-0.2, -0.15) is 12.7 Å². The summed E-state index contributed by atoms with van der Waals surface area (Å²) in [4.78, 5) is 0. The molecule has 0 amide bonds. The second-order valence-electron chi connectivity index (χ2n) is 2.73. The Labute approximate surface area is 59.0 Å². The topological polar surface area (TPSA) is 63.4 Å². The van der Waals surface area contributed by atoms with Crippen molar-refractivity contribution in [1.82, 2.24) is 4.31 Å². The zero-order valence-electron chi connectivity index (χ0n) is 5.54. The van der Waals surface area contributed by atoms with Crippen LogP contribution in [0.3, 0.4) is 0 Å². The molecule has 6 heteroatoms. The molecule has 0 saturated carbocycles. The van der Waals surface area contributed by atoms with Gasteiger partial charge in [-0.3, -0.25) is 0 Å². The number of hydrogen-bond donors (Lipinski definition) is 1. The van der Waals surface area contributed by atoms with E-state index in [2.05, 4.69) is 0 Å². The number of rotatable bonds is 1. The Morgan fingerprint density at radius 2 is 2.00 bits per heavy atom. The van der Waals surface area contributed by atoms with E-state index in [0.717, 1.165) is 4.31 Å². The second kappa shape index (κ2) is 1.90. The third-order valence-electron chi connectivity index (χ3n) is 1.37. The van der Waals surface area contributed by atoms with E-state index in [1.165, 1.54) is 6.92 Å². The molecule has 1 aliphatic rings. The highest BCUT2D eigenvalue weighted by molar-refractivity contribution is 7.86. The van der Waals surface area contributed by atoms with Gasteiger partial charge in [0.05, 0.1) is 13.1 Å². The van der Waals surface area contributed by atoms with E-state index < -0.39 is 15.9 Å². The van der Waals surface area contributed by atoms with Gasteiger partial charge in [-0.15, -0.1) is 0 Å². The fourth-order valence-corrected chi connectivity index (χ4v) is 1.77. The van der Waals surface area contributed by atoms with Crippen molar-refractivity contribution in [2.45, 2.75) is 12.6 Å². The molecule has 0 unspecified atom stereocenters. The van der Waals surface area contributed by atoms with Crippen LogP contribution in [0.25, 0.3) is 0 Å². The predicted octanol–water partition coefficient (Wildman–Crippen LogP) is -0.766. The van der Waals surface area contributed by atoms with Crippen LogP contribution < -0.4 is 5.14 Å². The first-order chi connectivity index (χ1) is 4.31. The van der Waals surface area contributed by atoms with Crippen molar-refractivity contribution < 1.29 is 12.8 Å². The molecule has 0 radical (unpaired) electrons. The molecule has 1 saturated heterocycles. The minimum Gasteiger partial charge on any atom is -0.241 e. The van der Waals surface area contributed by atoms with Gasteiger partial charge < -0.3 is 0 Å². The van der Waals surface area contributed by atoms with Gasteiger partial charge in [0.2, 0.25) is 0 Å². The fraction of sp³-hybridized carbons (Fsp3) is 1.00. The van der Waals surface area contributed by atoms with Crippen LogP contribution in [0, 0.1) is 0 Å². The van der Waals surface area contributed by atoms with Crippen LogP contribution in [0.4, 0.5) is 4.39 Å². The minimum absolute atomic E-state index is 0.119. The Morgan fingerprint density at radius 3 is 2.10 bits per heavy atom. The van der Waals surface area contributed by atoms with Gasteiger partial charge in [0.25, 0.3) is 10.2 Å². The molecule has 1 aliphatic heterocycles. The molecule has 0 aromatic heterocycles. The maximum Gasteiger partial charge on any atom is 0.277 e. The third-order valence-corrected chi connectivity index (χ3v) is 2.35. The van der Waals surface area contributed by atoms with E-state index in [1.807, 2.05) is 0 Å². The molecule has 4 nitrogen and oxygen atoms in total. The average molecular weight is 168 g/mol. The van der Waals surface area contributed by atoms with Crippen LogP contribution in [-0.2, 0) is 10.2 Å². The summed E-state index contributed by atoms with van der Waals surface area (Å²) in [5.41, 5.74) is -1.38. The molecule has 0 atom stereocenters. The fourth-order valence-electron chi connectivity index (χ4n) is 0.869. The number of nitrogens with zero attached hydrogens (tertiary/aromatic N) is 1. The SMILES string of the molecule is CC1(F)CN(S(N)(=O)=O)C1. The second-order valence-corrected chi connectivity index (χ2v) is 4.27. The van der Waals surface area contributed by atoms with Crippen molar-refractivity contribution in [1.29, 1.82) is 0 Å². The highest BCUT2D eigenvalue weighted by Crippen LogP contribution is 2.25. The summed E-state index contributed by atoms with van der Waals surface area (Å²) < 4.78 is 34.4. The van der Waals surface area contributed by atoms with Gasteiger partial charge in [0.1, 0.15) is 5.67 Å². The zero-order chi connectivity index (χ0) is 7.99. The van der Waals surface area contributed by atoms with Gasteiger partial charge in [-0.05, 0) is 6.92 Å². The lowest BCUT2D eigenvalue weighted by molar-refractivity contribution is 0.0397. The first-order valence-corrected chi connectivity index (χ1v) is 4.28. The Bertz CT molecular complexity index is 228. The van der Waals surface area contributed by atoms with Crippen LogP contribution in [0.1, 0.15) is 6.92 Å². The average Bonchev–Trinajstić information content (AvgIpc) is 1.56. The highest BCUT2D eigenvalue weighted by atomic mass is 32.2. The molecule has 0 bridgehead atoms. The summed E-state index contributed by atoms with van der Waals surface area (Å²) in [7, 11) is -3.64. The van der Waals surface area contributed by atoms with Gasteiger partial charge in [0.15, 0.2) is 0 Å². The molecule has 1 heterocycles. The minimum atomic E-state index is -3.64. The number of halogens is 1. The Hall–Kier alpha value is -0.200. The van der Waals surface area contributed by atoms with E-state index in [0.29, 0.717) is 0 Å². The van der Waals surface area contributed by atoms with Crippen molar-refractivity contribution in [2.75, 3.05) is 13.1 Å². The van der Waals surface area contributed by atoms with Crippen LogP contribution in [0.5, 0.6) is 0 Å². The first-order valence-electron chi connectivity index (χ1n) is 2.78. The molecule has 10 heavy (non-hydrogen) atoms. The maximum atomic E-state index is 12.6. The lowest BCUT2D eigenvalue weighted by atomic mass is 10.0. The Kier molecular flexibility index (Phi) is 1.50. The summed E-state index contributed by atoms with van der Waals surface area (Å²) in [5, 5.41) is 4.69. The summed E-state index contributed by atoms with van der Waals surface area (Å²) >= 11 is 0. The molecule has 0 spiro atoms. The van der Waals surface area contributed by atoms with Crippen LogP contribution in [0.15, 0.2) is 0 Å². The number of alkyl halides is 1. The largest absolute Gasteiger partial charge is 0.277 e. The quantitative estimate of drug-likeness (QED) is 0.559. The Balaban J connectivity index is 2.57. The summed E-state index contributed by atoms with van der Waals surface area (Å²) in [6, 6.07) is 0. The standard InChI is InChI=1S/C4H9FN2O2S/c1-4(5)2-7(3-4)10(6,8)9/h2-3H2,1H3,(H2,6,8,9). The molecular formula is C4H9FN2O2S. The van der Waals surface area contributed by atoms with E-state index in [1.54, 1.807) is 0 Å². The van der Waals surface area contributed by atoms with E-state index in [-0.39, 0.29) is 13.1 Å². The monoisotopic (exact) mass is 168 g/mol. The molecule has 60 valence electrons. The van der Waals surface area contributed by atoms with Crippen LogP contribution >= 0.6 is 0 Å². The molecule has 2 N–H and O–H groups in total. The number of hydrogen-bond acceptors (Lipinski definition) is 2.